The summed E-state index contributed by atoms with van der Waals surface area (Å²) in [6.45, 7) is 0. The average Bonchev–Trinajstić information content (AvgIpc) is 2.37. The van der Waals surface area contributed by atoms with Crippen LogP contribution in [0.4, 0.5) is 0 Å². The third-order valence-electron chi connectivity index (χ3n) is 2.22. The van der Waals surface area contributed by atoms with Gasteiger partial charge in [-0.3, -0.25) is 9.59 Å². The van der Waals surface area contributed by atoms with E-state index in [4.69, 9.17) is 15.6 Å². The quantitative estimate of drug-likeness (QED) is 0.615. The molecular formula is C11H13N3O5. The van der Waals surface area contributed by atoms with Gasteiger partial charge >= 0.3 is 5.97 Å². The molecule has 0 saturated carbocycles. The van der Waals surface area contributed by atoms with Crippen LogP contribution in [0.1, 0.15) is 16.8 Å². The molecule has 1 aromatic heterocycles. The van der Waals surface area contributed by atoms with E-state index in [2.05, 4.69) is 10.3 Å². The number of carboxylic acid groups (broad SMARTS) is 1. The van der Waals surface area contributed by atoms with Crippen LogP contribution in [-0.2, 0) is 9.59 Å². The van der Waals surface area contributed by atoms with Gasteiger partial charge in [-0.1, -0.05) is 0 Å². The largest absolute Gasteiger partial charge is 0.481 e. The van der Waals surface area contributed by atoms with Crippen molar-refractivity contribution in [2.75, 3.05) is 7.11 Å². The van der Waals surface area contributed by atoms with E-state index >= 15 is 0 Å². The van der Waals surface area contributed by atoms with E-state index in [0.29, 0.717) is 5.88 Å². The molecule has 19 heavy (non-hydrogen) atoms. The summed E-state index contributed by atoms with van der Waals surface area (Å²) in [5.74, 6) is -2.50. The number of carbonyl (C=O) groups is 3. The Morgan fingerprint density at radius 2 is 2.16 bits per heavy atom. The summed E-state index contributed by atoms with van der Waals surface area (Å²) in [4.78, 5) is 37.1. The number of nitrogens with zero attached hydrogens (tertiary/aromatic N) is 1. The fourth-order valence-electron chi connectivity index (χ4n) is 1.28. The summed E-state index contributed by atoms with van der Waals surface area (Å²) < 4.78 is 4.82. The third-order valence-corrected chi connectivity index (χ3v) is 2.22. The molecular weight excluding hydrogens is 254 g/mol. The summed E-state index contributed by atoms with van der Waals surface area (Å²) in [7, 11) is 1.43. The second kappa shape index (κ2) is 6.34. The van der Waals surface area contributed by atoms with E-state index in [1.807, 2.05) is 0 Å². The minimum atomic E-state index is -1.37. The molecule has 1 aromatic rings. The van der Waals surface area contributed by atoms with Crippen molar-refractivity contribution in [1.29, 1.82) is 0 Å². The highest BCUT2D eigenvalue weighted by atomic mass is 16.5. The molecule has 0 aromatic carbocycles. The van der Waals surface area contributed by atoms with E-state index in [9.17, 15) is 14.4 Å². The molecule has 0 aliphatic rings. The van der Waals surface area contributed by atoms with Crippen LogP contribution in [0.3, 0.4) is 0 Å². The molecule has 2 amide bonds. The first-order chi connectivity index (χ1) is 8.93. The van der Waals surface area contributed by atoms with Crippen molar-refractivity contribution in [2.24, 2.45) is 5.73 Å². The Morgan fingerprint density at radius 3 is 2.58 bits per heavy atom. The lowest BCUT2D eigenvalue weighted by molar-refractivity contribution is -0.140. The van der Waals surface area contributed by atoms with Crippen LogP contribution in [0.25, 0.3) is 0 Å². The molecule has 0 radical (unpaired) electrons. The molecule has 0 saturated heterocycles. The highest BCUT2D eigenvalue weighted by molar-refractivity contribution is 5.97. The number of pyridine rings is 1. The predicted octanol–water partition coefficient (Wildman–Crippen LogP) is -0.851. The Kier molecular flexibility index (Phi) is 4.81. The minimum absolute atomic E-state index is 0.150. The molecule has 1 rings (SSSR count). The maximum absolute atomic E-state index is 11.7. The predicted molar refractivity (Wildman–Crippen MR) is 63.5 cm³/mol. The molecule has 4 N–H and O–H groups in total. The van der Waals surface area contributed by atoms with Gasteiger partial charge in [0.1, 0.15) is 6.04 Å². The van der Waals surface area contributed by atoms with E-state index in [-0.39, 0.29) is 5.56 Å². The number of methoxy groups -OCH3 is 1. The van der Waals surface area contributed by atoms with Gasteiger partial charge in [-0.25, -0.2) is 9.78 Å². The molecule has 0 aliphatic heterocycles. The first-order valence-corrected chi connectivity index (χ1v) is 5.26. The van der Waals surface area contributed by atoms with Gasteiger partial charge in [-0.2, -0.15) is 0 Å². The normalized spacial score (nSPS) is 11.4. The van der Waals surface area contributed by atoms with Crippen molar-refractivity contribution in [3.8, 4) is 5.88 Å². The van der Waals surface area contributed by atoms with Crippen LogP contribution in [0, 0.1) is 0 Å². The summed E-state index contributed by atoms with van der Waals surface area (Å²) in [6, 6.07) is 1.51. The Labute approximate surface area is 108 Å². The van der Waals surface area contributed by atoms with Crippen molar-refractivity contribution < 1.29 is 24.2 Å². The first-order valence-electron chi connectivity index (χ1n) is 5.26. The molecule has 8 nitrogen and oxygen atoms in total. The average molecular weight is 267 g/mol. The molecule has 1 heterocycles. The second-order valence-corrected chi connectivity index (χ2v) is 3.62. The zero-order valence-corrected chi connectivity index (χ0v) is 10.1. The fourth-order valence-corrected chi connectivity index (χ4v) is 1.28. The van der Waals surface area contributed by atoms with Crippen molar-refractivity contribution >= 4 is 17.8 Å². The van der Waals surface area contributed by atoms with Crippen molar-refractivity contribution in [1.82, 2.24) is 10.3 Å². The van der Waals surface area contributed by atoms with Crippen molar-refractivity contribution in [2.45, 2.75) is 12.5 Å². The number of hydrogen-bond acceptors (Lipinski definition) is 5. The van der Waals surface area contributed by atoms with Gasteiger partial charge in [-0.05, 0) is 6.07 Å². The summed E-state index contributed by atoms with van der Waals surface area (Å²) in [6.07, 6.45) is 0.752. The Bertz CT molecular complexity index is 486. The molecule has 8 heteroatoms. The van der Waals surface area contributed by atoms with Gasteiger partial charge in [0.15, 0.2) is 0 Å². The molecule has 0 unspecified atom stereocenters. The maximum atomic E-state index is 11.7. The number of rotatable bonds is 6. The van der Waals surface area contributed by atoms with Crippen LogP contribution in [-0.4, -0.2) is 41.0 Å². The monoisotopic (exact) mass is 267 g/mol. The van der Waals surface area contributed by atoms with E-state index < -0.39 is 30.2 Å². The van der Waals surface area contributed by atoms with Crippen molar-refractivity contribution in [3.05, 3.63) is 23.9 Å². The van der Waals surface area contributed by atoms with Gasteiger partial charge < -0.3 is 20.9 Å². The zero-order valence-electron chi connectivity index (χ0n) is 10.1. The number of aliphatic carboxylic acids is 1. The summed E-state index contributed by atoms with van der Waals surface area (Å²) in [5, 5.41) is 11.0. The Balaban J connectivity index is 2.75. The number of primary amides is 1. The van der Waals surface area contributed by atoms with Gasteiger partial charge in [0.05, 0.1) is 19.1 Å². The number of amides is 2. The minimum Gasteiger partial charge on any atom is -0.481 e. The first kappa shape index (κ1) is 14.4. The maximum Gasteiger partial charge on any atom is 0.326 e. The molecule has 0 fully saturated rings. The summed E-state index contributed by atoms with van der Waals surface area (Å²) in [5.41, 5.74) is 5.05. The number of carboxylic acids is 1. The number of hydrogen-bond donors (Lipinski definition) is 3. The van der Waals surface area contributed by atoms with Gasteiger partial charge in [0, 0.05) is 12.3 Å². The number of carbonyl (C=O) groups excluding carboxylic acids is 2. The second-order valence-electron chi connectivity index (χ2n) is 3.62. The number of ether oxygens (including phenoxy) is 1. The highest BCUT2D eigenvalue weighted by Crippen LogP contribution is 2.07. The Hall–Kier alpha value is -2.64. The lowest BCUT2D eigenvalue weighted by Gasteiger charge is -2.12. The number of nitrogens with two attached hydrogens (primary N) is 1. The summed E-state index contributed by atoms with van der Waals surface area (Å²) >= 11 is 0. The molecule has 1 atom stereocenters. The SMILES string of the molecule is COc1ccc(C(=O)N[C@H](CC(N)=O)C(=O)O)cn1. The van der Waals surface area contributed by atoms with Gasteiger partial charge in [0.2, 0.25) is 11.8 Å². The zero-order chi connectivity index (χ0) is 14.4. The van der Waals surface area contributed by atoms with Crippen molar-refractivity contribution in [3.63, 3.8) is 0 Å². The van der Waals surface area contributed by atoms with Gasteiger partial charge in [0.25, 0.3) is 5.91 Å². The topological polar surface area (TPSA) is 132 Å². The molecule has 0 spiro atoms. The number of aromatic nitrogens is 1. The standard InChI is InChI=1S/C11H13N3O5/c1-19-9-3-2-6(5-13-9)10(16)14-7(11(17)18)4-8(12)15/h2-3,5,7H,4H2,1H3,(H2,12,15)(H,14,16)(H,17,18)/t7-/m1/s1. The van der Waals surface area contributed by atoms with Crippen LogP contribution >= 0.6 is 0 Å². The highest BCUT2D eigenvalue weighted by Gasteiger charge is 2.22. The van der Waals surface area contributed by atoms with Crippen LogP contribution in [0.15, 0.2) is 18.3 Å². The smallest absolute Gasteiger partial charge is 0.326 e. The van der Waals surface area contributed by atoms with Crippen LogP contribution < -0.4 is 15.8 Å². The fraction of sp³-hybridized carbons (Fsp3) is 0.273. The Morgan fingerprint density at radius 1 is 1.47 bits per heavy atom. The molecule has 0 bridgehead atoms. The van der Waals surface area contributed by atoms with Gasteiger partial charge in [-0.15, -0.1) is 0 Å². The van der Waals surface area contributed by atoms with E-state index in [1.54, 1.807) is 0 Å². The molecule has 0 aliphatic carbocycles. The molecule has 102 valence electrons. The lowest BCUT2D eigenvalue weighted by Crippen LogP contribution is -2.43. The lowest BCUT2D eigenvalue weighted by atomic mass is 10.2. The van der Waals surface area contributed by atoms with E-state index in [0.717, 1.165) is 0 Å². The van der Waals surface area contributed by atoms with Crippen LogP contribution in [0.2, 0.25) is 0 Å². The third kappa shape index (κ3) is 4.26. The van der Waals surface area contributed by atoms with Crippen LogP contribution in [0.5, 0.6) is 5.88 Å². The van der Waals surface area contributed by atoms with E-state index in [1.165, 1.54) is 25.4 Å². The number of nitrogens with one attached hydrogen (secondary N) is 1.